The lowest BCUT2D eigenvalue weighted by atomic mass is 10.3. The molecule has 0 unspecified atom stereocenters. The standard InChI is InChI=1S/C13H13N5O4S2/c1-7-4-12(23)18-13(15-7)16-11(17-18)6-14-24(21,22)8-2-3-9(19)10(20)5-8/h2-5,14,19-20,23H,6H2,1H3. The summed E-state index contributed by atoms with van der Waals surface area (Å²) in [5.74, 6) is -0.395. The van der Waals surface area contributed by atoms with Crippen molar-refractivity contribution in [3.05, 3.63) is 35.8 Å². The third-order valence-corrected chi connectivity index (χ3v) is 4.86. The summed E-state index contributed by atoms with van der Waals surface area (Å²) in [7, 11) is -3.90. The Balaban J connectivity index is 1.84. The van der Waals surface area contributed by atoms with Gasteiger partial charge in [-0.25, -0.2) is 18.1 Å². The van der Waals surface area contributed by atoms with E-state index in [-0.39, 0.29) is 17.3 Å². The maximum atomic E-state index is 12.2. The fourth-order valence-electron chi connectivity index (χ4n) is 2.00. The average molecular weight is 367 g/mol. The Labute approximate surface area is 142 Å². The van der Waals surface area contributed by atoms with E-state index in [1.165, 1.54) is 10.6 Å². The van der Waals surface area contributed by atoms with Crippen molar-refractivity contribution in [1.29, 1.82) is 0 Å². The molecule has 0 atom stereocenters. The molecule has 2 aromatic heterocycles. The highest BCUT2D eigenvalue weighted by Crippen LogP contribution is 2.26. The first-order valence-corrected chi connectivity index (χ1v) is 8.63. The highest BCUT2D eigenvalue weighted by Gasteiger charge is 2.17. The molecule has 0 saturated carbocycles. The summed E-state index contributed by atoms with van der Waals surface area (Å²) < 4.78 is 28.1. The Morgan fingerprint density at radius 3 is 2.67 bits per heavy atom. The number of phenols is 2. The van der Waals surface area contributed by atoms with Crippen LogP contribution in [0.4, 0.5) is 0 Å². The minimum absolute atomic E-state index is 0.167. The Morgan fingerprint density at radius 2 is 1.96 bits per heavy atom. The van der Waals surface area contributed by atoms with E-state index in [1.54, 1.807) is 13.0 Å². The van der Waals surface area contributed by atoms with Crippen LogP contribution in [0.2, 0.25) is 0 Å². The number of phenolic OH excluding ortho intramolecular Hbond substituents is 2. The molecule has 9 nitrogen and oxygen atoms in total. The normalized spacial score (nSPS) is 11.9. The van der Waals surface area contributed by atoms with Gasteiger partial charge in [0.1, 0.15) is 5.03 Å². The second-order valence-electron chi connectivity index (χ2n) is 4.97. The van der Waals surface area contributed by atoms with Gasteiger partial charge >= 0.3 is 0 Å². The zero-order valence-corrected chi connectivity index (χ0v) is 14.1. The van der Waals surface area contributed by atoms with Crippen molar-refractivity contribution in [2.45, 2.75) is 23.4 Å². The molecule has 3 rings (SSSR count). The lowest BCUT2D eigenvalue weighted by Gasteiger charge is -2.06. The number of fused-ring (bicyclic) bond motifs is 1. The topological polar surface area (TPSA) is 130 Å². The van der Waals surface area contributed by atoms with E-state index in [1.807, 2.05) is 0 Å². The Kier molecular flexibility index (Phi) is 4.07. The van der Waals surface area contributed by atoms with Gasteiger partial charge in [0.15, 0.2) is 17.3 Å². The predicted molar refractivity (Wildman–Crippen MR) is 86.6 cm³/mol. The summed E-state index contributed by atoms with van der Waals surface area (Å²) in [4.78, 5) is 8.13. The highest BCUT2D eigenvalue weighted by molar-refractivity contribution is 7.89. The SMILES string of the molecule is Cc1cc(S)n2nc(CNS(=O)(=O)c3ccc(O)c(O)c3)nc2n1. The van der Waals surface area contributed by atoms with Crippen molar-refractivity contribution in [2.75, 3.05) is 0 Å². The summed E-state index contributed by atoms with van der Waals surface area (Å²) in [6.45, 7) is 1.62. The summed E-state index contributed by atoms with van der Waals surface area (Å²) >= 11 is 4.27. The number of aromatic nitrogens is 4. The van der Waals surface area contributed by atoms with Crippen LogP contribution < -0.4 is 4.72 Å². The Hall–Kier alpha value is -2.37. The lowest BCUT2D eigenvalue weighted by Crippen LogP contribution is -2.23. The lowest BCUT2D eigenvalue weighted by molar-refractivity contribution is 0.402. The molecule has 0 amide bonds. The van der Waals surface area contributed by atoms with Crippen molar-refractivity contribution in [1.82, 2.24) is 24.3 Å². The van der Waals surface area contributed by atoms with Crippen LogP contribution in [0.1, 0.15) is 11.5 Å². The molecule has 1 aromatic carbocycles. The number of benzene rings is 1. The summed E-state index contributed by atoms with van der Waals surface area (Å²) in [5, 5.41) is 23.3. The summed E-state index contributed by atoms with van der Waals surface area (Å²) in [6, 6.07) is 4.92. The molecule has 0 fully saturated rings. The predicted octanol–water partition coefficient (Wildman–Crippen LogP) is 0.611. The molecule has 0 saturated heterocycles. The molecule has 0 aliphatic carbocycles. The molecule has 0 radical (unpaired) electrons. The van der Waals surface area contributed by atoms with Crippen LogP contribution >= 0.6 is 12.6 Å². The van der Waals surface area contributed by atoms with E-state index in [9.17, 15) is 18.6 Å². The number of nitrogens with zero attached hydrogens (tertiary/aromatic N) is 4. The number of hydrogen-bond acceptors (Lipinski definition) is 8. The van der Waals surface area contributed by atoms with Gasteiger partial charge in [0.2, 0.25) is 10.0 Å². The zero-order chi connectivity index (χ0) is 17.5. The first-order valence-electron chi connectivity index (χ1n) is 6.70. The minimum atomic E-state index is -3.90. The third-order valence-electron chi connectivity index (χ3n) is 3.14. The van der Waals surface area contributed by atoms with Gasteiger partial charge in [-0.1, -0.05) is 0 Å². The molecule has 0 bridgehead atoms. The second-order valence-corrected chi connectivity index (χ2v) is 7.20. The maximum Gasteiger partial charge on any atom is 0.253 e. The van der Waals surface area contributed by atoms with Gasteiger partial charge in [-0.05, 0) is 25.1 Å². The van der Waals surface area contributed by atoms with Gasteiger partial charge in [0, 0.05) is 11.8 Å². The molecule has 24 heavy (non-hydrogen) atoms. The van der Waals surface area contributed by atoms with E-state index in [4.69, 9.17) is 0 Å². The molecule has 3 N–H and O–H groups in total. The molecular formula is C13H13N5O4S2. The number of nitrogens with one attached hydrogen (secondary N) is 1. The summed E-state index contributed by atoms with van der Waals surface area (Å²) in [6.07, 6.45) is 0. The third kappa shape index (κ3) is 3.13. The van der Waals surface area contributed by atoms with Gasteiger partial charge in [0.25, 0.3) is 5.78 Å². The first-order chi connectivity index (χ1) is 11.3. The van der Waals surface area contributed by atoms with Gasteiger partial charge in [-0.15, -0.1) is 17.7 Å². The molecule has 2 heterocycles. The van der Waals surface area contributed by atoms with Crippen LogP contribution in [-0.2, 0) is 16.6 Å². The van der Waals surface area contributed by atoms with Gasteiger partial charge in [-0.3, -0.25) is 0 Å². The number of rotatable bonds is 4. The van der Waals surface area contributed by atoms with Crippen LogP contribution in [0.25, 0.3) is 5.78 Å². The van der Waals surface area contributed by atoms with Crippen molar-refractivity contribution >= 4 is 28.4 Å². The summed E-state index contributed by atoms with van der Waals surface area (Å²) in [5.41, 5.74) is 0.714. The number of aromatic hydroxyl groups is 2. The number of thiol groups is 1. The highest BCUT2D eigenvalue weighted by atomic mass is 32.2. The molecule has 11 heteroatoms. The quantitative estimate of drug-likeness (QED) is 0.302. The van der Waals surface area contributed by atoms with Crippen molar-refractivity contribution in [3.8, 4) is 11.5 Å². The van der Waals surface area contributed by atoms with E-state index in [0.29, 0.717) is 16.5 Å². The Bertz CT molecular complexity index is 1030. The minimum Gasteiger partial charge on any atom is -0.504 e. The van der Waals surface area contributed by atoms with Crippen LogP contribution in [0, 0.1) is 6.92 Å². The van der Waals surface area contributed by atoms with E-state index >= 15 is 0 Å². The van der Waals surface area contributed by atoms with Crippen LogP contribution in [0.3, 0.4) is 0 Å². The van der Waals surface area contributed by atoms with Gasteiger partial charge < -0.3 is 10.2 Å². The Morgan fingerprint density at radius 1 is 1.21 bits per heavy atom. The molecule has 0 spiro atoms. The van der Waals surface area contributed by atoms with Crippen LogP contribution in [0.5, 0.6) is 11.5 Å². The van der Waals surface area contributed by atoms with E-state index < -0.39 is 21.5 Å². The number of sulfonamides is 1. The molecule has 0 aliphatic rings. The molecule has 3 aromatic rings. The average Bonchev–Trinajstić information content (AvgIpc) is 2.91. The second kappa shape index (κ2) is 5.92. The smallest absolute Gasteiger partial charge is 0.253 e. The molecule has 0 aliphatic heterocycles. The van der Waals surface area contributed by atoms with Crippen molar-refractivity contribution in [2.24, 2.45) is 0 Å². The zero-order valence-electron chi connectivity index (χ0n) is 12.4. The number of hydrogen-bond donors (Lipinski definition) is 4. The van der Waals surface area contributed by atoms with E-state index in [0.717, 1.165) is 12.1 Å². The van der Waals surface area contributed by atoms with Crippen LogP contribution in [0.15, 0.2) is 34.2 Å². The monoisotopic (exact) mass is 367 g/mol. The van der Waals surface area contributed by atoms with Crippen molar-refractivity contribution < 1.29 is 18.6 Å². The van der Waals surface area contributed by atoms with Gasteiger partial charge in [0.05, 0.1) is 11.4 Å². The molecular weight excluding hydrogens is 354 g/mol. The first kappa shape index (κ1) is 16.5. The van der Waals surface area contributed by atoms with Crippen molar-refractivity contribution in [3.63, 3.8) is 0 Å². The number of aryl methyl sites for hydroxylation is 1. The maximum absolute atomic E-state index is 12.2. The van der Waals surface area contributed by atoms with E-state index in [2.05, 4.69) is 32.4 Å². The largest absolute Gasteiger partial charge is 0.504 e. The van der Waals surface area contributed by atoms with Crippen LogP contribution in [-0.4, -0.2) is 38.2 Å². The fourth-order valence-corrected chi connectivity index (χ4v) is 3.32. The fraction of sp³-hybridized carbons (Fsp3) is 0.154. The van der Waals surface area contributed by atoms with Gasteiger partial charge in [-0.2, -0.15) is 9.50 Å². The molecule has 126 valence electrons.